The SMILES string of the molecule is CCS(=O)C1CCCC(NC(=NC)NCC(c2cccc(C)c2)N2CCOCC2)C1.I. The standard InChI is InChI=1S/C23H38N4O2S.HI/c1-4-30(28)21-10-6-9-20(16-21)26-23(24-3)25-17-22(27-11-13-29-14-12-27)19-8-5-7-18(2)15-19;/h5,7-8,15,20-22H,4,6,9-14,16-17H2,1-3H3,(H2,24,25,26);1H. The molecule has 176 valence electrons. The second-order valence-electron chi connectivity index (χ2n) is 8.33. The van der Waals surface area contributed by atoms with Gasteiger partial charge in [-0.15, -0.1) is 24.0 Å². The first-order valence-corrected chi connectivity index (χ1v) is 12.7. The highest BCUT2D eigenvalue weighted by molar-refractivity contribution is 14.0. The van der Waals surface area contributed by atoms with Crippen molar-refractivity contribution in [3.05, 3.63) is 35.4 Å². The van der Waals surface area contributed by atoms with Gasteiger partial charge >= 0.3 is 0 Å². The van der Waals surface area contributed by atoms with Gasteiger partial charge in [0.25, 0.3) is 0 Å². The fourth-order valence-electron chi connectivity index (χ4n) is 4.56. The predicted molar refractivity (Wildman–Crippen MR) is 141 cm³/mol. The minimum Gasteiger partial charge on any atom is -0.379 e. The number of ether oxygens (including phenoxy) is 1. The Kier molecular flexibility index (Phi) is 11.8. The molecule has 2 N–H and O–H groups in total. The lowest BCUT2D eigenvalue weighted by molar-refractivity contribution is 0.0170. The first kappa shape index (κ1) is 26.5. The number of nitrogens with zero attached hydrogens (tertiary/aromatic N) is 2. The van der Waals surface area contributed by atoms with Crippen molar-refractivity contribution in [1.82, 2.24) is 15.5 Å². The van der Waals surface area contributed by atoms with Crippen molar-refractivity contribution in [2.75, 3.05) is 45.6 Å². The van der Waals surface area contributed by atoms with Gasteiger partial charge in [0, 0.05) is 54.5 Å². The van der Waals surface area contributed by atoms with Crippen molar-refractivity contribution in [3.63, 3.8) is 0 Å². The highest BCUT2D eigenvalue weighted by Crippen LogP contribution is 2.24. The van der Waals surface area contributed by atoms with Crippen LogP contribution in [-0.2, 0) is 15.5 Å². The van der Waals surface area contributed by atoms with E-state index in [1.807, 2.05) is 14.0 Å². The largest absolute Gasteiger partial charge is 0.379 e. The van der Waals surface area contributed by atoms with Gasteiger partial charge in [-0.1, -0.05) is 43.2 Å². The number of guanidine groups is 1. The summed E-state index contributed by atoms with van der Waals surface area (Å²) in [5, 5.41) is 7.48. The molecule has 4 atom stereocenters. The van der Waals surface area contributed by atoms with Crippen molar-refractivity contribution in [1.29, 1.82) is 0 Å². The lowest BCUT2D eigenvalue weighted by atomic mass is 9.95. The van der Waals surface area contributed by atoms with Crippen LogP contribution in [0.3, 0.4) is 0 Å². The molecular weight excluding hydrogens is 523 g/mol. The third-order valence-corrected chi connectivity index (χ3v) is 7.96. The van der Waals surface area contributed by atoms with Crippen molar-refractivity contribution in [2.24, 2.45) is 4.99 Å². The summed E-state index contributed by atoms with van der Waals surface area (Å²) in [7, 11) is 1.12. The molecule has 0 radical (unpaired) electrons. The number of halogens is 1. The Morgan fingerprint density at radius 2 is 2.10 bits per heavy atom. The normalized spacial score (nSPS) is 24.7. The van der Waals surface area contributed by atoms with E-state index in [4.69, 9.17) is 4.74 Å². The molecule has 1 aromatic carbocycles. The summed E-state index contributed by atoms with van der Waals surface area (Å²) < 4.78 is 17.8. The zero-order valence-electron chi connectivity index (χ0n) is 19.1. The van der Waals surface area contributed by atoms with Crippen LogP contribution in [0.15, 0.2) is 29.3 Å². The van der Waals surface area contributed by atoms with Crippen LogP contribution in [0.4, 0.5) is 0 Å². The summed E-state index contributed by atoms with van der Waals surface area (Å²) in [4.78, 5) is 6.98. The van der Waals surface area contributed by atoms with Crippen LogP contribution in [-0.4, -0.2) is 72.0 Å². The average Bonchev–Trinajstić information content (AvgIpc) is 2.79. The third kappa shape index (κ3) is 7.98. The van der Waals surface area contributed by atoms with Gasteiger partial charge in [0.2, 0.25) is 0 Å². The topological polar surface area (TPSA) is 66.0 Å². The van der Waals surface area contributed by atoms with E-state index in [-0.39, 0.29) is 30.0 Å². The molecule has 0 amide bonds. The molecule has 1 aliphatic heterocycles. The van der Waals surface area contributed by atoms with E-state index < -0.39 is 10.8 Å². The fraction of sp³-hybridized carbons (Fsp3) is 0.696. The molecule has 1 heterocycles. The molecule has 4 unspecified atom stereocenters. The molecule has 1 aromatic rings. The molecule has 2 fully saturated rings. The molecule has 1 aliphatic carbocycles. The summed E-state index contributed by atoms with van der Waals surface area (Å²) in [6.07, 6.45) is 4.29. The number of hydrogen-bond donors (Lipinski definition) is 2. The molecule has 1 saturated heterocycles. The summed E-state index contributed by atoms with van der Waals surface area (Å²) in [6, 6.07) is 9.40. The van der Waals surface area contributed by atoms with Crippen LogP contribution in [0.2, 0.25) is 0 Å². The van der Waals surface area contributed by atoms with E-state index in [1.165, 1.54) is 11.1 Å². The van der Waals surface area contributed by atoms with Gasteiger partial charge in [-0.05, 0) is 31.7 Å². The Bertz CT molecular complexity index is 727. The molecule has 0 bridgehead atoms. The second-order valence-corrected chi connectivity index (χ2v) is 10.3. The zero-order chi connectivity index (χ0) is 21.3. The van der Waals surface area contributed by atoms with Crippen molar-refractivity contribution >= 4 is 40.7 Å². The van der Waals surface area contributed by atoms with E-state index in [9.17, 15) is 4.21 Å². The third-order valence-electron chi connectivity index (χ3n) is 6.22. The summed E-state index contributed by atoms with van der Waals surface area (Å²) >= 11 is 0. The molecule has 8 heteroatoms. The number of aryl methyl sites for hydroxylation is 1. The van der Waals surface area contributed by atoms with E-state index >= 15 is 0 Å². The lowest BCUT2D eigenvalue weighted by Gasteiger charge is -2.36. The minimum absolute atomic E-state index is 0. The van der Waals surface area contributed by atoms with E-state index in [0.717, 1.165) is 70.2 Å². The zero-order valence-corrected chi connectivity index (χ0v) is 22.3. The van der Waals surface area contributed by atoms with E-state index in [1.54, 1.807) is 0 Å². The monoisotopic (exact) mass is 562 g/mol. The predicted octanol–water partition coefficient (Wildman–Crippen LogP) is 3.23. The maximum atomic E-state index is 12.3. The quantitative estimate of drug-likeness (QED) is 0.304. The molecule has 31 heavy (non-hydrogen) atoms. The van der Waals surface area contributed by atoms with Crippen LogP contribution in [0.1, 0.15) is 49.8 Å². The smallest absolute Gasteiger partial charge is 0.191 e. The summed E-state index contributed by atoms with van der Waals surface area (Å²) in [6.45, 7) is 8.41. The number of morpholine rings is 1. The van der Waals surface area contributed by atoms with Crippen molar-refractivity contribution in [2.45, 2.75) is 56.9 Å². The van der Waals surface area contributed by atoms with Gasteiger partial charge in [-0.3, -0.25) is 14.1 Å². The maximum Gasteiger partial charge on any atom is 0.191 e. The average molecular weight is 563 g/mol. The lowest BCUT2D eigenvalue weighted by Crippen LogP contribution is -2.49. The first-order valence-electron chi connectivity index (χ1n) is 11.3. The molecule has 0 spiro atoms. The van der Waals surface area contributed by atoms with Gasteiger partial charge in [0.15, 0.2) is 5.96 Å². The highest BCUT2D eigenvalue weighted by atomic mass is 127. The fourth-order valence-corrected chi connectivity index (χ4v) is 5.90. The van der Waals surface area contributed by atoms with Gasteiger partial charge in [-0.2, -0.15) is 0 Å². The van der Waals surface area contributed by atoms with Gasteiger partial charge in [0.1, 0.15) is 0 Å². The molecule has 3 rings (SSSR count). The molecule has 6 nitrogen and oxygen atoms in total. The molecule has 0 aromatic heterocycles. The summed E-state index contributed by atoms with van der Waals surface area (Å²) in [5.41, 5.74) is 2.61. The van der Waals surface area contributed by atoms with Gasteiger partial charge in [0.05, 0.1) is 19.3 Å². The van der Waals surface area contributed by atoms with Crippen LogP contribution in [0.25, 0.3) is 0 Å². The van der Waals surface area contributed by atoms with Gasteiger partial charge in [-0.25, -0.2) is 0 Å². The van der Waals surface area contributed by atoms with Crippen molar-refractivity contribution in [3.8, 4) is 0 Å². The Morgan fingerprint density at radius 1 is 1.32 bits per heavy atom. The van der Waals surface area contributed by atoms with Crippen LogP contribution < -0.4 is 10.6 Å². The second kappa shape index (κ2) is 13.7. The van der Waals surface area contributed by atoms with Crippen molar-refractivity contribution < 1.29 is 8.95 Å². The van der Waals surface area contributed by atoms with E-state index in [2.05, 4.69) is 51.7 Å². The summed E-state index contributed by atoms with van der Waals surface area (Å²) in [5.74, 6) is 1.59. The van der Waals surface area contributed by atoms with E-state index in [0.29, 0.717) is 11.3 Å². The Morgan fingerprint density at radius 3 is 2.77 bits per heavy atom. The Balaban J connectivity index is 0.00000341. The number of benzene rings is 1. The van der Waals surface area contributed by atoms with Crippen LogP contribution >= 0.6 is 24.0 Å². The van der Waals surface area contributed by atoms with Gasteiger partial charge < -0.3 is 15.4 Å². The number of hydrogen-bond acceptors (Lipinski definition) is 4. The van der Waals surface area contributed by atoms with Crippen LogP contribution in [0, 0.1) is 6.92 Å². The van der Waals surface area contributed by atoms with Crippen LogP contribution in [0.5, 0.6) is 0 Å². The molecule has 1 saturated carbocycles. The molecule has 2 aliphatic rings. The highest BCUT2D eigenvalue weighted by Gasteiger charge is 2.27. The Hall–Kier alpha value is -0.710. The number of rotatable bonds is 7. The Labute approximate surface area is 207 Å². The minimum atomic E-state index is -0.711. The molecular formula is C23H39IN4O2S. The first-order chi connectivity index (χ1) is 14.6. The maximum absolute atomic E-state index is 12.3. The number of nitrogens with one attached hydrogen (secondary N) is 2. The number of aliphatic imine (C=N–C) groups is 1.